The van der Waals surface area contributed by atoms with Crippen molar-refractivity contribution in [2.75, 3.05) is 13.1 Å². The first-order valence-electron chi connectivity index (χ1n) is 6.52. The first-order chi connectivity index (χ1) is 8.68. The Labute approximate surface area is 109 Å². The molecular weight excluding hydrogens is 224 g/mol. The summed E-state index contributed by atoms with van der Waals surface area (Å²) in [5.41, 5.74) is 1.08. The van der Waals surface area contributed by atoms with Crippen molar-refractivity contribution in [1.82, 2.24) is 10.2 Å². The fourth-order valence-electron chi connectivity index (χ4n) is 2.87. The SMILES string of the molecule is C=CCC1(Cc2ccccc2)NCCN1C(C)O. The van der Waals surface area contributed by atoms with Crippen LogP contribution in [-0.2, 0) is 6.42 Å². The topological polar surface area (TPSA) is 35.5 Å². The van der Waals surface area contributed by atoms with Crippen LogP contribution in [0, 0.1) is 0 Å². The fourth-order valence-corrected chi connectivity index (χ4v) is 2.87. The summed E-state index contributed by atoms with van der Waals surface area (Å²) in [4.78, 5) is 2.13. The molecule has 1 aliphatic heterocycles. The van der Waals surface area contributed by atoms with Gasteiger partial charge < -0.3 is 5.11 Å². The maximum absolute atomic E-state index is 9.94. The first-order valence-corrected chi connectivity index (χ1v) is 6.52. The third-order valence-electron chi connectivity index (χ3n) is 3.63. The number of hydrogen-bond acceptors (Lipinski definition) is 3. The summed E-state index contributed by atoms with van der Waals surface area (Å²) in [5.74, 6) is 0. The molecule has 0 spiro atoms. The normalized spacial score (nSPS) is 26.1. The molecule has 1 aromatic rings. The molecule has 2 atom stereocenters. The van der Waals surface area contributed by atoms with E-state index in [1.165, 1.54) is 5.56 Å². The highest BCUT2D eigenvalue weighted by Crippen LogP contribution is 2.27. The molecule has 0 amide bonds. The number of nitrogens with zero attached hydrogens (tertiary/aromatic N) is 1. The lowest BCUT2D eigenvalue weighted by atomic mass is 9.95. The third-order valence-corrected chi connectivity index (χ3v) is 3.63. The van der Waals surface area contributed by atoms with Crippen LogP contribution in [0.4, 0.5) is 0 Å². The molecular formula is C15H22N2O. The predicted octanol–water partition coefficient (Wildman–Crippen LogP) is 1.75. The van der Waals surface area contributed by atoms with Gasteiger partial charge in [0.05, 0.1) is 5.66 Å². The molecule has 98 valence electrons. The maximum Gasteiger partial charge on any atom is 0.106 e. The minimum Gasteiger partial charge on any atom is -0.379 e. The highest BCUT2D eigenvalue weighted by Gasteiger charge is 2.41. The third kappa shape index (κ3) is 2.64. The number of rotatable bonds is 5. The Bertz CT molecular complexity index is 391. The van der Waals surface area contributed by atoms with Gasteiger partial charge in [0.2, 0.25) is 0 Å². The molecule has 2 rings (SSSR count). The van der Waals surface area contributed by atoms with Crippen LogP contribution in [0.5, 0.6) is 0 Å². The van der Waals surface area contributed by atoms with Crippen molar-refractivity contribution in [2.24, 2.45) is 0 Å². The number of hydrogen-bond donors (Lipinski definition) is 2. The van der Waals surface area contributed by atoms with Gasteiger partial charge in [-0.25, -0.2) is 0 Å². The number of nitrogens with one attached hydrogen (secondary N) is 1. The lowest BCUT2D eigenvalue weighted by Gasteiger charge is -2.39. The number of benzene rings is 1. The second kappa shape index (κ2) is 5.65. The van der Waals surface area contributed by atoms with E-state index in [0.717, 1.165) is 25.9 Å². The molecule has 0 bridgehead atoms. The van der Waals surface area contributed by atoms with E-state index < -0.39 is 6.23 Å². The average Bonchev–Trinajstić information content (AvgIpc) is 2.74. The average molecular weight is 246 g/mol. The van der Waals surface area contributed by atoms with Gasteiger partial charge >= 0.3 is 0 Å². The highest BCUT2D eigenvalue weighted by molar-refractivity contribution is 5.19. The zero-order chi connectivity index (χ0) is 13.0. The van der Waals surface area contributed by atoms with Crippen LogP contribution in [0.25, 0.3) is 0 Å². The van der Waals surface area contributed by atoms with Gasteiger partial charge in [-0.05, 0) is 18.9 Å². The van der Waals surface area contributed by atoms with Crippen LogP contribution in [0.1, 0.15) is 18.9 Å². The Kier molecular flexibility index (Phi) is 4.17. The van der Waals surface area contributed by atoms with Crippen molar-refractivity contribution >= 4 is 0 Å². The van der Waals surface area contributed by atoms with Crippen LogP contribution >= 0.6 is 0 Å². The van der Waals surface area contributed by atoms with Gasteiger partial charge in [0.1, 0.15) is 6.23 Å². The van der Waals surface area contributed by atoms with Gasteiger partial charge in [-0.15, -0.1) is 6.58 Å². The van der Waals surface area contributed by atoms with E-state index in [9.17, 15) is 5.11 Å². The lowest BCUT2D eigenvalue weighted by molar-refractivity contribution is -0.0394. The molecule has 1 heterocycles. The molecule has 0 radical (unpaired) electrons. The first kappa shape index (κ1) is 13.3. The second-order valence-corrected chi connectivity index (χ2v) is 4.94. The monoisotopic (exact) mass is 246 g/mol. The van der Waals surface area contributed by atoms with Crippen molar-refractivity contribution in [2.45, 2.75) is 31.7 Å². The standard InChI is InChI=1S/C15H22N2O/c1-3-9-15(12-14-7-5-4-6-8-14)16-10-11-17(15)13(2)18/h3-8,13,16,18H,1,9-12H2,2H3. The summed E-state index contributed by atoms with van der Waals surface area (Å²) in [6, 6.07) is 10.4. The molecule has 3 heteroatoms. The summed E-state index contributed by atoms with van der Waals surface area (Å²) in [6.07, 6.45) is 3.19. The van der Waals surface area contributed by atoms with Gasteiger partial charge in [-0.2, -0.15) is 0 Å². The number of aliphatic hydroxyl groups is 1. The van der Waals surface area contributed by atoms with Crippen LogP contribution in [0.2, 0.25) is 0 Å². The molecule has 0 saturated carbocycles. The Morgan fingerprint density at radius 2 is 2.22 bits per heavy atom. The molecule has 2 N–H and O–H groups in total. The molecule has 1 aliphatic rings. The Morgan fingerprint density at radius 3 is 2.83 bits per heavy atom. The quantitative estimate of drug-likeness (QED) is 0.777. The smallest absolute Gasteiger partial charge is 0.106 e. The van der Waals surface area contributed by atoms with E-state index in [1.807, 2.05) is 19.1 Å². The van der Waals surface area contributed by atoms with Crippen molar-refractivity contribution in [3.8, 4) is 0 Å². The van der Waals surface area contributed by atoms with Crippen LogP contribution < -0.4 is 5.32 Å². The highest BCUT2D eigenvalue weighted by atomic mass is 16.3. The van der Waals surface area contributed by atoms with Crippen molar-refractivity contribution in [1.29, 1.82) is 0 Å². The van der Waals surface area contributed by atoms with Crippen molar-refractivity contribution in [3.63, 3.8) is 0 Å². The van der Waals surface area contributed by atoms with E-state index in [-0.39, 0.29) is 5.66 Å². The molecule has 18 heavy (non-hydrogen) atoms. The van der Waals surface area contributed by atoms with E-state index in [4.69, 9.17) is 0 Å². The van der Waals surface area contributed by atoms with Crippen LogP contribution in [-0.4, -0.2) is 35.0 Å². The zero-order valence-electron chi connectivity index (χ0n) is 11.0. The van der Waals surface area contributed by atoms with Gasteiger partial charge in [-0.1, -0.05) is 36.4 Å². The zero-order valence-corrected chi connectivity index (χ0v) is 11.0. The Morgan fingerprint density at radius 1 is 1.50 bits per heavy atom. The van der Waals surface area contributed by atoms with Crippen molar-refractivity contribution in [3.05, 3.63) is 48.6 Å². The van der Waals surface area contributed by atoms with Crippen LogP contribution in [0.3, 0.4) is 0 Å². The summed E-state index contributed by atoms with van der Waals surface area (Å²) in [5, 5.41) is 13.5. The lowest BCUT2D eigenvalue weighted by Crippen LogP contribution is -2.55. The largest absolute Gasteiger partial charge is 0.379 e. The van der Waals surface area contributed by atoms with Crippen LogP contribution in [0.15, 0.2) is 43.0 Å². The minimum absolute atomic E-state index is 0.197. The van der Waals surface area contributed by atoms with Crippen molar-refractivity contribution < 1.29 is 5.11 Å². The molecule has 2 unspecified atom stereocenters. The Hall–Kier alpha value is -1.16. The molecule has 1 aromatic carbocycles. The molecule has 0 aliphatic carbocycles. The summed E-state index contributed by atoms with van der Waals surface area (Å²) in [7, 11) is 0. The molecule has 1 fully saturated rings. The van der Waals surface area contributed by atoms with E-state index >= 15 is 0 Å². The fraction of sp³-hybridized carbons (Fsp3) is 0.467. The van der Waals surface area contributed by atoms with Gasteiger partial charge in [0.25, 0.3) is 0 Å². The van der Waals surface area contributed by atoms with Gasteiger partial charge in [-0.3, -0.25) is 10.2 Å². The van der Waals surface area contributed by atoms with E-state index in [0.29, 0.717) is 0 Å². The number of aliphatic hydroxyl groups excluding tert-OH is 1. The minimum atomic E-state index is -0.441. The predicted molar refractivity (Wildman–Crippen MR) is 74.1 cm³/mol. The molecule has 1 saturated heterocycles. The van der Waals surface area contributed by atoms with Gasteiger partial charge in [0, 0.05) is 19.5 Å². The molecule has 0 aromatic heterocycles. The van der Waals surface area contributed by atoms with E-state index in [1.54, 1.807) is 0 Å². The summed E-state index contributed by atoms with van der Waals surface area (Å²) >= 11 is 0. The Balaban J connectivity index is 2.23. The second-order valence-electron chi connectivity index (χ2n) is 4.94. The summed E-state index contributed by atoms with van der Waals surface area (Å²) < 4.78 is 0. The maximum atomic E-state index is 9.94. The van der Waals surface area contributed by atoms with E-state index in [2.05, 4.69) is 41.1 Å². The molecule has 3 nitrogen and oxygen atoms in total. The van der Waals surface area contributed by atoms with Gasteiger partial charge in [0.15, 0.2) is 0 Å². The summed E-state index contributed by atoms with van der Waals surface area (Å²) in [6.45, 7) is 7.47.